The maximum Gasteiger partial charge on any atom is 0.216 e. The van der Waals surface area contributed by atoms with Gasteiger partial charge in [-0.3, -0.25) is 4.79 Å². The van der Waals surface area contributed by atoms with Crippen molar-refractivity contribution in [2.24, 2.45) is 0 Å². The van der Waals surface area contributed by atoms with E-state index in [1.54, 1.807) is 7.11 Å². The van der Waals surface area contributed by atoms with Crippen LogP contribution in [0.25, 0.3) is 0 Å². The van der Waals surface area contributed by atoms with Gasteiger partial charge in [0.2, 0.25) is 5.91 Å². The highest BCUT2D eigenvalue weighted by atomic mass is 79.9. The summed E-state index contributed by atoms with van der Waals surface area (Å²) in [5.41, 5.74) is 1.09. The number of hydrogen-bond donors (Lipinski definition) is 2. The summed E-state index contributed by atoms with van der Waals surface area (Å²) in [5.74, 6) is 1.44. The molecule has 0 aliphatic rings. The summed E-state index contributed by atoms with van der Waals surface area (Å²) in [6.45, 7) is 6.26. The quantitative estimate of drug-likeness (QED) is 0.665. The maximum atomic E-state index is 10.8. The maximum absolute atomic E-state index is 10.8. The summed E-state index contributed by atoms with van der Waals surface area (Å²) in [6.07, 6.45) is 0.946. The van der Waals surface area contributed by atoms with Gasteiger partial charge in [-0.25, -0.2) is 0 Å². The molecule has 0 aliphatic heterocycles. The van der Waals surface area contributed by atoms with Gasteiger partial charge in [0.1, 0.15) is 0 Å². The van der Waals surface area contributed by atoms with Gasteiger partial charge in [-0.2, -0.15) is 0 Å². The Hall–Kier alpha value is -1.27. The van der Waals surface area contributed by atoms with Gasteiger partial charge >= 0.3 is 0 Å². The molecule has 0 atom stereocenters. The molecule has 0 saturated heterocycles. The average molecular weight is 359 g/mol. The summed E-state index contributed by atoms with van der Waals surface area (Å²) >= 11 is 3.52. The summed E-state index contributed by atoms with van der Waals surface area (Å²) < 4.78 is 12.0. The van der Waals surface area contributed by atoms with E-state index in [1.807, 2.05) is 12.1 Å². The van der Waals surface area contributed by atoms with Crippen molar-refractivity contribution in [2.75, 3.05) is 26.8 Å². The summed E-state index contributed by atoms with van der Waals surface area (Å²) in [5, 5.41) is 6.01. The minimum atomic E-state index is -0.0151. The van der Waals surface area contributed by atoms with Gasteiger partial charge in [0.25, 0.3) is 0 Å². The number of carbonyl (C=O) groups excluding carboxylic acids is 1. The molecule has 5 nitrogen and oxygen atoms in total. The molecule has 0 heterocycles. The molecule has 0 bridgehead atoms. The molecule has 0 fully saturated rings. The van der Waals surface area contributed by atoms with Crippen molar-refractivity contribution in [1.29, 1.82) is 0 Å². The number of ether oxygens (including phenoxy) is 2. The number of benzene rings is 1. The van der Waals surface area contributed by atoms with Crippen LogP contribution in [0, 0.1) is 0 Å². The van der Waals surface area contributed by atoms with Crippen molar-refractivity contribution in [1.82, 2.24) is 10.6 Å². The van der Waals surface area contributed by atoms with Gasteiger partial charge < -0.3 is 20.1 Å². The average Bonchev–Trinajstić information content (AvgIpc) is 2.45. The molecule has 0 aliphatic carbocycles. The Bertz CT molecular complexity index is 466. The fraction of sp³-hybridized carbons (Fsp3) is 0.533. The smallest absolute Gasteiger partial charge is 0.216 e. The molecule has 1 aromatic rings. The Morgan fingerprint density at radius 2 is 2.10 bits per heavy atom. The number of amides is 1. The summed E-state index contributed by atoms with van der Waals surface area (Å²) in [6, 6.07) is 3.97. The third kappa shape index (κ3) is 6.35. The molecule has 0 aromatic heterocycles. The fourth-order valence-corrected chi connectivity index (χ4v) is 2.38. The van der Waals surface area contributed by atoms with Crippen molar-refractivity contribution >= 4 is 21.8 Å². The topological polar surface area (TPSA) is 59.6 Å². The molecule has 2 N–H and O–H groups in total. The lowest BCUT2D eigenvalue weighted by Crippen LogP contribution is -2.29. The van der Waals surface area contributed by atoms with E-state index in [4.69, 9.17) is 9.47 Å². The number of hydrogen-bond acceptors (Lipinski definition) is 4. The van der Waals surface area contributed by atoms with Gasteiger partial charge in [-0.05, 0) is 40.0 Å². The minimum absolute atomic E-state index is 0.0151. The van der Waals surface area contributed by atoms with E-state index in [1.165, 1.54) is 6.92 Å². The molecule has 0 radical (unpaired) electrons. The third-order valence-electron chi connectivity index (χ3n) is 2.74. The van der Waals surface area contributed by atoms with Crippen molar-refractivity contribution in [3.8, 4) is 11.5 Å². The van der Waals surface area contributed by atoms with E-state index in [9.17, 15) is 4.79 Å². The molecule has 1 aromatic carbocycles. The van der Waals surface area contributed by atoms with Crippen LogP contribution in [0.3, 0.4) is 0 Å². The normalized spacial score (nSPS) is 10.3. The van der Waals surface area contributed by atoms with E-state index in [0.717, 1.165) is 28.0 Å². The Morgan fingerprint density at radius 1 is 1.33 bits per heavy atom. The Balaban J connectivity index is 2.59. The van der Waals surface area contributed by atoms with Crippen LogP contribution in [0.4, 0.5) is 0 Å². The second-order valence-electron chi connectivity index (χ2n) is 4.62. The van der Waals surface area contributed by atoms with Gasteiger partial charge in [0, 0.05) is 26.6 Å². The van der Waals surface area contributed by atoms with Crippen molar-refractivity contribution in [2.45, 2.75) is 26.8 Å². The van der Waals surface area contributed by atoms with E-state index in [-0.39, 0.29) is 5.91 Å². The molecule has 0 unspecified atom stereocenters. The van der Waals surface area contributed by atoms with Crippen LogP contribution in [0.15, 0.2) is 16.6 Å². The first-order chi connectivity index (χ1) is 10.1. The van der Waals surface area contributed by atoms with Crippen molar-refractivity contribution in [3.63, 3.8) is 0 Å². The molecule has 118 valence electrons. The second-order valence-corrected chi connectivity index (χ2v) is 5.47. The Morgan fingerprint density at radius 3 is 2.71 bits per heavy atom. The van der Waals surface area contributed by atoms with Crippen LogP contribution in [0.2, 0.25) is 0 Å². The molecule has 6 heteroatoms. The molecule has 21 heavy (non-hydrogen) atoms. The first-order valence-corrected chi connectivity index (χ1v) is 7.82. The second kappa shape index (κ2) is 9.63. The molecular weight excluding hydrogens is 336 g/mol. The van der Waals surface area contributed by atoms with Crippen LogP contribution in [0.1, 0.15) is 25.8 Å². The van der Waals surface area contributed by atoms with E-state index >= 15 is 0 Å². The molecule has 1 amide bonds. The van der Waals surface area contributed by atoms with Crippen LogP contribution in [-0.4, -0.2) is 32.7 Å². The van der Waals surface area contributed by atoms with Crippen LogP contribution in [-0.2, 0) is 11.3 Å². The van der Waals surface area contributed by atoms with E-state index < -0.39 is 0 Å². The number of nitrogens with one attached hydrogen (secondary N) is 2. The Kier molecular flexibility index (Phi) is 8.15. The summed E-state index contributed by atoms with van der Waals surface area (Å²) in [4.78, 5) is 10.8. The SMILES string of the molecule is CCCOc1c(Br)cc(CNCCNC(C)=O)cc1OC. The molecule has 0 spiro atoms. The van der Waals surface area contributed by atoms with Crippen LogP contribution >= 0.6 is 15.9 Å². The van der Waals surface area contributed by atoms with Crippen LogP contribution < -0.4 is 20.1 Å². The van der Waals surface area contributed by atoms with Gasteiger partial charge in [-0.1, -0.05) is 6.92 Å². The number of rotatable bonds is 9. The number of carbonyl (C=O) groups is 1. The number of halogens is 1. The Labute approximate surface area is 134 Å². The van der Waals surface area contributed by atoms with Crippen LogP contribution in [0.5, 0.6) is 11.5 Å². The minimum Gasteiger partial charge on any atom is -0.493 e. The fourth-order valence-electron chi connectivity index (χ4n) is 1.78. The zero-order valence-corrected chi connectivity index (χ0v) is 14.4. The lowest BCUT2D eigenvalue weighted by atomic mass is 10.2. The highest BCUT2D eigenvalue weighted by molar-refractivity contribution is 9.10. The molecule has 0 saturated carbocycles. The first-order valence-electron chi connectivity index (χ1n) is 7.02. The van der Waals surface area contributed by atoms with E-state index in [2.05, 4.69) is 33.5 Å². The lowest BCUT2D eigenvalue weighted by molar-refractivity contribution is -0.118. The highest BCUT2D eigenvalue weighted by Gasteiger charge is 2.11. The zero-order valence-electron chi connectivity index (χ0n) is 12.8. The zero-order chi connectivity index (χ0) is 15.7. The largest absolute Gasteiger partial charge is 0.493 e. The standard InChI is InChI=1S/C15H23BrN2O3/c1-4-7-21-15-13(16)8-12(9-14(15)20-3)10-17-5-6-18-11(2)19/h8-9,17H,4-7,10H2,1-3H3,(H,18,19). The third-order valence-corrected chi connectivity index (χ3v) is 3.33. The van der Waals surface area contributed by atoms with Gasteiger partial charge in [-0.15, -0.1) is 0 Å². The monoisotopic (exact) mass is 358 g/mol. The summed E-state index contributed by atoms with van der Waals surface area (Å²) in [7, 11) is 1.63. The highest BCUT2D eigenvalue weighted by Crippen LogP contribution is 2.36. The molecular formula is C15H23BrN2O3. The van der Waals surface area contributed by atoms with Gasteiger partial charge in [0.05, 0.1) is 18.2 Å². The lowest BCUT2D eigenvalue weighted by Gasteiger charge is -2.14. The van der Waals surface area contributed by atoms with E-state index in [0.29, 0.717) is 26.2 Å². The van der Waals surface area contributed by atoms with Gasteiger partial charge in [0.15, 0.2) is 11.5 Å². The predicted octanol–water partition coefficient (Wildman–Crippen LogP) is 2.47. The van der Waals surface area contributed by atoms with Crippen molar-refractivity contribution < 1.29 is 14.3 Å². The number of methoxy groups -OCH3 is 1. The molecule has 1 rings (SSSR count). The predicted molar refractivity (Wildman–Crippen MR) is 86.9 cm³/mol. The van der Waals surface area contributed by atoms with Crippen molar-refractivity contribution in [3.05, 3.63) is 22.2 Å². The first kappa shape index (κ1) is 17.8.